The minimum absolute atomic E-state index is 0.0991. The average molecular weight is 321 g/mol. The number of amides is 1. The van der Waals surface area contributed by atoms with Crippen molar-refractivity contribution >= 4 is 11.9 Å². The van der Waals surface area contributed by atoms with E-state index in [1.54, 1.807) is 0 Å². The summed E-state index contributed by atoms with van der Waals surface area (Å²) in [5.41, 5.74) is 0.909. The highest BCUT2D eigenvalue weighted by Crippen LogP contribution is 2.16. The zero-order chi connectivity index (χ0) is 17.4. The van der Waals surface area contributed by atoms with Crippen LogP contribution in [0.1, 0.15) is 33.3 Å². The number of rotatable bonds is 9. The lowest BCUT2D eigenvalue weighted by Crippen LogP contribution is -2.38. The molecule has 23 heavy (non-hydrogen) atoms. The fourth-order valence-electron chi connectivity index (χ4n) is 2.11. The first-order valence-corrected chi connectivity index (χ1v) is 8.07. The van der Waals surface area contributed by atoms with Crippen LogP contribution in [0.4, 0.5) is 0 Å². The molecule has 5 nitrogen and oxygen atoms in total. The highest BCUT2D eigenvalue weighted by molar-refractivity contribution is 5.79. The van der Waals surface area contributed by atoms with E-state index in [0.29, 0.717) is 13.0 Å². The van der Waals surface area contributed by atoms with Crippen molar-refractivity contribution < 1.29 is 19.4 Å². The predicted octanol–water partition coefficient (Wildman–Crippen LogP) is 2.74. The normalized spacial score (nSPS) is 13.4. The Bertz CT molecular complexity index is 510. The number of hydrogen-bond acceptors (Lipinski definition) is 3. The van der Waals surface area contributed by atoms with Gasteiger partial charge in [-0.15, -0.1) is 0 Å². The molecule has 2 atom stereocenters. The molecule has 1 amide bonds. The summed E-state index contributed by atoms with van der Waals surface area (Å²) in [6.07, 6.45) is 0.373. The Morgan fingerprint density at radius 1 is 1.17 bits per heavy atom. The molecular formula is C18H27NO4. The zero-order valence-electron chi connectivity index (χ0n) is 14.3. The fraction of sp³-hybridized carbons (Fsp3) is 0.556. The number of carboxylic acids is 1. The molecule has 0 aliphatic rings. The van der Waals surface area contributed by atoms with E-state index >= 15 is 0 Å². The van der Waals surface area contributed by atoms with Crippen molar-refractivity contribution in [3.63, 3.8) is 0 Å². The van der Waals surface area contributed by atoms with Crippen LogP contribution in [0.25, 0.3) is 0 Å². The second-order valence-corrected chi connectivity index (χ2v) is 6.09. The molecule has 0 saturated carbocycles. The summed E-state index contributed by atoms with van der Waals surface area (Å²) in [6, 6.07) is 7.38. The van der Waals surface area contributed by atoms with E-state index in [9.17, 15) is 14.7 Å². The van der Waals surface area contributed by atoms with Crippen LogP contribution in [0, 0.1) is 17.8 Å². The molecule has 0 radical (unpaired) electrons. The molecule has 0 spiro atoms. The monoisotopic (exact) mass is 321 g/mol. The van der Waals surface area contributed by atoms with Crippen molar-refractivity contribution in [3.05, 3.63) is 29.8 Å². The van der Waals surface area contributed by atoms with Gasteiger partial charge in [0.2, 0.25) is 5.91 Å². The Morgan fingerprint density at radius 2 is 1.78 bits per heavy atom. The molecule has 1 rings (SSSR count). The first-order valence-electron chi connectivity index (χ1n) is 8.07. The van der Waals surface area contributed by atoms with Crippen molar-refractivity contribution in [2.45, 2.75) is 34.1 Å². The number of benzene rings is 1. The highest BCUT2D eigenvalue weighted by atomic mass is 16.5. The van der Waals surface area contributed by atoms with E-state index in [1.807, 2.05) is 52.0 Å². The van der Waals surface area contributed by atoms with Gasteiger partial charge in [-0.25, -0.2) is 0 Å². The number of hydrogen-bond donors (Lipinski definition) is 2. The maximum atomic E-state index is 12.0. The summed E-state index contributed by atoms with van der Waals surface area (Å²) in [5.74, 6) is -0.785. The summed E-state index contributed by atoms with van der Waals surface area (Å²) in [6.45, 7) is 8.44. The van der Waals surface area contributed by atoms with Crippen LogP contribution in [-0.4, -0.2) is 30.1 Å². The van der Waals surface area contributed by atoms with Crippen molar-refractivity contribution in [1.29, 1.82) is 0 Å². The second kappa shape index (κ2) is 9.18. The van der Waals surface area contributed by atoms with Gasteiger partial charge in [-0.1, -0.05) is 32.9 Å². The number of aliphatic carboxylic acids is 1. The molecular weight excluding hydrogens is 294 g/mol. The van der Waals surface area contributed by atoms with Gasteiger partial charge in [0, 0.05) is 12.5 Å². The minimum Gasteiger partial charge on any atom is -0.494 e. The standard InChI is InChI=1S/C18H27NO4/c1-5-23-16-8-6-14(7-9-16)10-15(18(21)22)11-19-17(20)13(4)12(2)3/h6-9,12-13,15H,5,10-11H2,1-4H3,(H,19,20)(H,21,22). The van der Waals surface area contributed by atoms with Gasteiger partial charge in [-0.2, -0.15) is 0 Å². The highest BCUT2D eigenvalue weighted by Gasteiger charge is 2.22. The third kappa shape index (κ3) is 6.30. The molecule has 0 aliphatic carbocycles. The Balaban J connectivity index is 2.61. The summed E-state index contributed by atoms with van der Waals surface area (Å²) in [5, 5.41) is 12.1. The summed E-state index contributed by atoms with van der Waals surface area (Å²) in [7, 11) is 0. The maximum absolute atomic E-state index is 12.0. The van der Waals surface area contributed by atoms with E-state index in [-0.39, 0.29) is 24.3 Å². The van der Waals surface area contributed by atoms with Gasteiger partial charge in [0.1, 0.15) is 5.75 Å². The van der Waals surface area contributed by atoms with Crippen LogP contribution in [0.2, 0.25) is 0 Å². The van der Waals surface area contributed by atoms with Crippen LogP contribution in [0.15, 0.2) is 24.3 Å². The van der Waals surface area contributed by atoms with E-state index in [0.717, 1.165) is 11.3 Å². The van der Waals surface area contributed by atoms with Crippen LogP contribution in [0.3, 0.4) is 0 Å². The van der Waals surface area contributed by atoms with Crippen LogP contribution >= 0.6 is 0 Å². The summed E-state index contributed by atoms with van der Waals surface area (Å²) >= 11 is 0. The van der Waals surface area contributed by atoms with Gasteiger partial charge in [-0.05, 0) is 37.0 Å². The quantitative estimate of drug-likeness (QED) is 0.733. The largest absolute Gasteiger partial charge is 0.494 e. The predicted molar refractivity (Wildman–Crippen MR) is 89.5 cm³/mol. The number of ether oxygens (including phenoxy) is 1. The average Bonchev–Trinajstić information content (AvgIpc) is 2.51. The molecule has 0 aliphatic heterocycles. The van der Waals surface area contributed by atoms with E-state index in [2.05, 4.69) is 5.32 Å². The van der Waals surface area contributed by atoms with Crippen LogP contribution < -0.4 is 10.1 Å². The van der Waals surface area contributed by atoms with Gasteiger partial charge in [-0.3, -0.25) is 9.59 Å². The molecule has 1 aromatic rings. The Morgan fingerprint density at radius 3 is 2.26 bits per heavy atom. The van der Waals surface area contributed by atoms with Gasteiger partial charge in [0.15, 0.2) is 0 Å². The molecule has 0 fully saturated rings. The fourth-order valence-corrected chi connectivity index (χ4v) is 2.11. The molecule has 0 aromatic heterocycles. The molecule has 0 bridgehead atoms. The number of carboxylic acid groups (broad SMARTS) is 1. The minimum atomic E-state index is -0.906. The third-order valence-electron chi connectivity index (χ3n) is 4.00. The van der Waals surface area contributed by atoms with E-state index in [4.69, 9.17) is 4.74 Å². The lowest BCUT2D eigenvalue weighted by Gasteiger charge is -2.18. The molecule has 128 valence electrons. The lowest BCUT2D eigenvalue weighted by molar-refractivity contribution is -0.141. The Kier molecular flexibility index (Phi) is 7.59. The van der Waals surface area contributed by atoms with Crippen molar-refractivity contribution in [3.8, 4) is 5.75 Å². The first kappa shape index (κ1) is 19.0. The van der Waals surface area contributed by atoms with Crippen molar-refractivity contribution in [2.75, 3.05) is 13.2 Å². The first-order chi connectivity index (χ1) is 10.8. The molecule has 5 heteroatoms. The molecule has 0 saturated heterocycles. The molecule has 0 heterocycles. The zero-order valence-corrected chi connectivity index (χ0v) is 14.3. The van der Waals surface area contributed by atoms with Crippen molar-refractivity contribution in [2.24, 2.45) is 17.8 Å². The topological polar surface area (TPSA) is 75.6 Å². The summed E-state index contributed by atoms with van der Waals surface area (Å²) in [4.78, 5) is 23.4. The van der Waals surface area contributed by atoms with Crippen LogP contribution in [0.5, 0.6) is 5.75 Å². The number of nitrogens with one attached hydrogen (secondary N) is 1. The third-order valence-corrected chi connectivity index (χ3v) is 4.00. The molecule has 2 N–H and O–H groups in total. The SMILES string of the molecule is CCOc1ccc(CC(CNC(=O)C(C)C(C)C)C(=O)O)cc1. The number of carbonyl (C=O) groups excluding carboxylic acids is 1. The molecule has 1 aromatic carbocycles. The van der Waals surface area contributed by atoms with Gasteiger partial charge in [0.05, 0.1) is 12.5 Å². The number of carbonyl (C=O) groups is 2. The van der Waals surface area contributed by atoms with E-state index < -0.39 is 11.9 Å². The van der Waals surface area contributed by atoms with Gasteiger partial charge < -0.3 is 15.2 Å². The Labute approximate surface area is 138 Å². The maximum Gasteiger partial charge on any atom is 0.308 e. The van der Waals surface area contributed by atoms with Gasteiger partial charge >= 0.3 is 5.97 Å². The van der Waals surface area contributed by atoms with Gasteiger partial charge in [0.25, 0.3) is 0 Å². The Hall–Kier alpha value is -2.04. The summed E-state index contributed by atoms with van der Waals surface area (Å²) < 4.78 is 5.37. The van der Waals surface area contributed by atoms with E-state index in [1.165, 1.54) is 0 Å². The van der Waals surface area contributed by atoms with Crippen molar-refractivity contribution in [1.82, 2.24) is 5.32 Å². The lowest BCUT2D eigenvalue weighted by atomic mass is 9.96. The van der Waals surface area contributed by atoms with Crippen LogP contribution in [-0.2, 0) is 16.0 Å². The second-order valence-electron chi connectivity index (χ2n) is 6.09. The smallest absolute Gasteiger partial charge is 0.308 e. The molecule has 2 unspecified atom stereocenters.